The normalized spacial score (nSPS) is 11.7. The van der Waals surface area contributed by atoms with Gasteiger partial charge in [-0.05, 0) is 99.1 Å². The smallest absolute Gasteiger partial charge is 0.227 e. The molecule has 12 aromatic rings. The lowest BCUT2D eigenvalue weighted by atomic mass is 9.94. The topological polar surface area (TPSA) is 42.4 Å². The highest BCUT2D eigenvalue weighted by Crippen LogP contribution is 2.46. The van der Waals surface area contributed by atoms with Crippen molar-refractivity contribution in [2.75, 3.05) is 4.90 Å². The van der Waals surface area contributed by atoms with Gasteiger partial charge in [-0.1, -0.05) is 146 Å². The van der Waals surface area contributed by atoms with Gasteiger partial charge in [-0.2, -0.15) is 0 Å². The summed E-state index contributed by atoms with van der Waals surface area (Å²) in [6.45, 7) is 0. The van der Waals surface area contributed by atoms with E-state index in [9.17, 15) is 0 Å². The molecule has 0 saturated heterocycles. The predicted molar refractivity (Wildman–Crippen MR) is 245 cm³/mol. The van der Waals surface area contributed by atoms with Crippen LogP contribution in [0.25, 0.3) is 99.1 Å². The van der Waals surface area contributed by atoms with Gasteiger partial charge in [0.2, 0.25) is 5.89 Å². The summed E-state index contributed by atoms with van der Waals surface area (Å²) in [6, 6.07) is 72.9. The zero-order valence-electron chi connectivity index (χ0n) is 31.8. The van der Waals surface area contributed by atoms with Gasteiger partial charge >= 0.3 is 0 Å². The third kappa shape index (κ3) is 5.42. The molecular weight excluding hydrogens is 721 g/mol. The average molecular weight is 755 g/mol. The predicted octanol–water partition coefficient (Wildman–Crippen LogP) is 15.7. The summed E-state index contributed by atoms with van der Waals surface area (Å²) >= 11 is 0. The molecular formula is C55H34N2O2. The highest BCUT2D eigenvalue weighted by molar-refractivity contribution is 6.28. The van der Waals surface area contributed by atoms with E-state index >= 15 is 0 Å². The van der Waals surface area contributed by atoms with Crippen molar-refractivity contribution in [2.24, 2.45) is 0 Å². The zero-order valence-corrected chi connectivity index (χ0v) is 31.8. The minimum absolute atomic E-state index is 0.621. The molecule has 0 amide bonds. The zero-order chi connectivity index (χ0) is 38.9. The fourth-order valence-electron chi connectivity index (χ4n) is 8.95. The van der Waals surface area contributed by atoms with Gasteiger partial charge < -0.3 is 13.7 Å². The van der Waals surface area contributed by atoms with Gasteiger partial charge in [-0.3, -0.25) is 0 Å². The van der Waals surface area contributed by atoms with Crippen molar-refractivity contribution in [1.29, 1.82) is 0 Å². The molecule has 2 heterocycles. The molecule has 0 aliphatic carbocycles. The van der Waals surface area contributed by atoms with Gasteiger partial charge in [0.25, 0.3) is 0 Å². The van der Waals surface area contributed by atoms with Crippen LogP contribution >= 0.6 is 0 Å². The summed E-state index contributed by atoms with van der Waals surface area (Å²) in [5.41, 5.74) is 12.2. The number of para-hydroxylation sites is 1. The molecule has 0 saturated carbocycles. The Bertz CT molecular complexity index is 3550. The fraction of sp³-hybridized carbons (Fsp3) is 0. The number of hydrogen-bond donors (Lipinski definition) is 0. The molecule has 10 aromatic carbocycles. The van der Waals surface area contributed by atoms with Gasteiger partial charge in [0.15, 0.2) is 5.58 Å². The molecule has 0 bridgehead atoms. The van der Waals surface area contributed by atoms with E-state index < -0.39 is 0 Å². The van der Waals surface area contributed by atoms with E-state index in [-0.39, 0.29) is 0 Å². The summed E-state index contributed by atoms with van der Waals surface area (Å²) in [4.78, 5) is 7.36. The standard InChI is InChI=1S/C55H34N2O2/c1-3-13-35(14-4-1)36-27-30-41(31-28-36)57(42-18-11-17-39(33-42)43-22-12-24-50-53(43)46-21-9-10-23-49(46)58-50)48-34-40-26-25-37-29-32-47-54(59-55(56-47)38-15-5-2-6-16-38)52(37)51(40)45-20-8-7-19-44(45)48/h1-34H. The van der Waals surface area contributed by atoms with Crippen LogP contribution in [0.2, 0.25) is 0 Å². The Morgan fingerprint density at radius 3 is 1.85 bits per heavy atom. The number of aromatic nitrogens is 1. The van der Waals surface area contributed by atoms with E-state index in [0.29, 0.717) is 5.89 Å². The average Bonchev–Trinajstić information content (AvgIpc) is 3.92. The number of oxazole rings is 1. The van der Waals surface area contributed by atoms with Crippen LogP contribution in [0, 0.1) is 0 Å². The van der Waals surface area contributed by atoms with Crippen molar-refractivity contribution in [3.63, 3.8) is 0 Å². The molecule has 4 nitrogen and oxygen atoms in total. The SMILES string of the molecule is c1ccc(-c2ccc(N(c3cccc(-c4cccc5oc6ccccc6c45)c3)c3cc4ccc5ccc6nc(-c7ccccc7)oc6c5c4c4ccccc34)cc2)cc1. The molecule has 0 spiro atoms. The minimum Gasteiger partial charge on any atom is -0.456 e. The van der Waals surface area contributed by atoms with Crippen LogP contribution in [0.15, 0.2) is 215 Å². The summed E-state index contributed by atoms with van der Waals surface area (Å²) < 4.78 is 13.0. The molecule has 0 fully saturated rings. The number of fused-ring (bicyclic) bond motifs is 10. The molecule has 0 atom stereocenters. The first kappa shape index (κ1) is 33.2. The Balaban J connectivity index is 1.10. The maximum absolute atomic E-state index is 6.67. The number of benzene rings is 10. The van der Waals surface area contributed by atoms with Crippen LogP contribution in [0.4, 0.5) is 17.1 Å². The van der Waals surface area contributed by atoms with Crippen molar-refractivity contribution in [3.8, 4) is 33.7 Å². The molecule has 2 aromatic heterocycles. The third-order valence-electron chi connectivity index (χ3n) is 11.6. The largest absolute Gasteiger partial charge is 0.456 e. The molecule has 0 aliphatic heterocycles. The van der Waals surface area contributed by atoms with Crippen molar-refractivity contribution >= 4 is 82.4 Å². The van der Waals surface area contributed by atoms with Crippen LogP contribution in [0.5, 0.6) is 0 Å². The van der Waals surface area contributed by atoms with Crippen LogP contribution in [-0.4, -0.2) is 4.98 Å². The van der Waals surface area contributed by atoms with Crippen LogP contribution in [0.1, 0.15) is 0 Å². The Morgan fingerprint density at radius 2 is 1.02 bits per heavy atom. The molecule has 4 heteroatoms. The molecule has 59 heavy (non-hydrogen) atoms. The molecule has 0 aliphatic rings. The lowest BCUT2D eigenvalue weighted by molar-refractivity contribution is 0.623. The van der Waals surface area contributed by atoms with Crippen molar-refractivity contribution in [2.45, 2.75) is 0 Å². The van der Waals surface area contributed by atoms with Crippen molar-refractivity contribution in [1.82, 2.24) is 4.98 Å². The summed E-state index contributed by atoms with van der Waals surface area (Å²) in [7, 11) is 0. The second-order valence-electron chi connectivity index (χ2n) is 15.1. The Hall–Kier alpha value is -7.95. The number of rotatable bonds is 6. The van der Waals surface area contributed by atoms with E-state index in [4.69, 9.17) is 13.8 Å². The van der Waals surface area contributed by atoms with E-state index in [1.54, 1.807) is 0 Å². The Morgan fingerprint density at radius 1 is 0.373 bits per heavy atom. The Labute approximate surface area is 339 Å². The van der Waals surface area contributed by atoms with Crippen LogP contribution in [-0.2, 0) is 0 Å². The third-order valence-corrected chi connectivity index (χ3v) is 11.6. The Kier molecular flexibility index (Phi) is 7.50. The number of anilines is 3. The molecule has 0 radical (unpaired) electrons. The highest BCUT2D eigenvalue weighted by Gasteiger charge is 2.22. The number of furan rings is 1. The lowest BCUT2D eigenvalue weighted by Crippen LogP contribution is -2.11. The monoisotopic (exact) mass is 754 g/mol. The van der Waals surface area contributed by atoms with Gasteiger partial charge in [-0.15, -0.1) is 0 Å². The first-order valence-electron chi connectivity index (χ1n) is 19.9. The van der Waals surface area contributed by atoms with Crippen molar-refractivity contribution in [3.05, 3.63) is 206 Å². The van der Waals surface area contributed by atoms with Gasteiger partial charge in [0.1, 0.15) is 16.7 Å². The highest BCUT2D eigenvalue weighted by atomic mass is 16.3. The van der Waals surface area contributed by atoms with Crippen LogP contribution in [0.3, 0.4) is 0 Å². The fourth-order valence-corrected chi connectivity index (χ4v) is 8.95. The number of hydrogen-bond acceptors (Lipinski definition) is 4. The van der Waals surface area contributed by atoms with Crippen LogP contribution < -0.4 is 4.90 Å². The van der Waals surface area contributed by atoms with Gasteiger partial charge in [0.05, 0.1) is 5.69 Å². The maximum Gasteiger partial charge on any atom is 0.227 e. The summed E-state index contributed by atoms with van der Waals surface area (Å²) in [5.74, 6) is 0.621. The van der Waals surface area contributed by atoms with Gasteiger partial charge in [0, 0.05) is 43.9 Å². The van der Waals surface area contributed by atoms with E-state index in [1.807, 2.05) is 42.5 Å². The molecule has 12 rings (SSSR count). The molecule has 0 N–H and O–H groups in total. The first-order chi connectivity index (χ1) is 29.2. The van der Waals surface area contributed by atoms with E-state index in [0.717, 1.165) is 99.1 Å². The van der Waals surface area contributed by atoms with E-state index in [2.05, 4.69) is 169 Å². The first-order valence-corrected chi connectivity index (χ1v) is 19.9. The summed E-state index contributed by atoms with van der Waals surface area (Å²) in [6.07, 6.45) is 0. The van der Waals surface area contributed by atoms with E-state index in [1.165, 1.54) is 11.1 Å². The second-order valence-corrected chi connectivity index (χ2v) is 15.1. The second kappa shape index (κ2) is 13.3. The summed E-state index contributed by atoms with van der Waals surface area (Å²) in [5, 5.41) is 8.96. The van der Waals surface area contributed by atoms with Gasteiger partial charge in [-0.25, -0.2) is 4.98 Å². The molecule has 276 valence electrons. The number of nitrogens with zero attached hydrogens (tertiary/aromatic N) is 2. The van der Waals surface area contributed by atoms with Crippen molar-refractivity contribution < 1.29 is 8.83 Å². The lowest BCUT2D eigenvalue weighted by Gasteiger charge is -2.28. The quantitative estimate of drug-likeness (QED) is 0.159. The minimum atomic E-state index is 0.621. The maximum atomic E-state index is 6.67. The molecule has 0 unspecified atom stereocenters.